The predicted octanol–water partition coefficient (Wildman–Crippen LogP) is 3.38. The Hall–Kier alpha value is 0.270. The molecule has 2 rings (SSSR count). The fraction of sp³-hybridized carbons (Fsp3) is 1.00. The number of thiol groups is 1. The molecule has 2 nitrogen and oxygen atoms in total. The molecule has 114 valence electrons. The van der Waals surface area contributed by atoms with Crippen molar-refractivity contribution >= 4 is 11.1 Å². The molecule has 2 fully saturated rings. The lowest BCUT2D eigenvalue weighted by Gasteiger charge is -2.41. The largest absolute Gasteiger partial charge is 0.298 e. The van der Waals surface area contributed by atoms with Gasteiger partial charge in [-0.15, -0.1) is 0 Å². The number of hydrogen-bond donors (Lipinski definition) is 1. The second kappa shape index (κ2) is 6.36. The molecule has 0 N–H and O–H groups in total. The zero-order valence-corrected chi connectivity index (χ0v) is 14.5. The second-order valence-corrected chi connectivity index (χ2v) is 10.0. The highest BCUT2D eigenvalue weighted by atomic mass is 32.2. The summed E-state index contributed by atoms with van der Waals surface area (Å²) in [5, 5.41) is 0. The van der Waals surface area contributed by atoms with Crippen molar-refractivity contribution in [3.8, 4) is 0 Å². The summed E-state index contributed by atoms with van der Waals surface area (Å²) >= 11 is 0.151. The van der Waals surface area contributed by atoms with Gasteiger partial charge >= 0.3 is 0 Å². The summed E-state index contributed by atoms with van der Waals surface area (Å²) in [6, 6.07) is 0. The first-order valence-corrected chi connectivity index (χ1v) is 10.2. The van der Waals surface area contributed by atoms with Crippen LogP contribution in [0.15, 0.2) is 0 Å². The van der Waals surface area contributed by atoms with Crippen molar-refractivity contribution in [1.29, 1.82) is 0 Å². The van der Waals surface area contributed by atoms with E-state index in [9.17, 15) is 0 Å². The fourth-order valence-corrected chi connectivity index (χ4v) is 4.75. The van der Waals surface area contributed by atoms with Crippen molar-refractivity contribution in [1.82, 2.24) is 9.21 Å². The second-order valence-electron chi connectivity index (χ2n) is 7.75. The van der Waals surface area contributed by atoms with Gasteiger partial charge in [0.1, 0.15) is 0 Å². The van der Waals surface area contributed by atoms with Gasteiger partial charge in [-0.05, 0) is 83.9 Å². The SMILES string of the molecule is C[SH](C)N1CC[C@@H](CC2CCN(C(C)(C)C)CC2)C1. The van der Waals surface area contributed by atoms with Crippen molar-refractivity contribution < 1.29 is 0 Å². The van der Waals surface area contributed by atoms with E-state index in [1.165, 1.54) is 51.9 Å². The quantitative estimate of drug-likeness (QED) is 0.795. The van der Waals surface area contributed by atoms with E-state index in [0.717, 1.165) is 11.8 Å². The van der Waals surface area contributed by atoms with Crippen LogP contribution in [0.4, 0.5) is 0 Å². The molecule has 1 atom stereocenters. The molecule has 2 heterocycles. The van der Waals surface area contributed by atoms with Gasteiger partial charge in [0.25, 0.3) is 0 Å². The van der Waals surface area contributed by atoms with E-state index < -0.39 is 0 Å². The predicted molar refractivity (Wildman–Crippen MR) is 89.2 cm³/mol. The Bertz CT molecular complexity index is 277. The minimum Gasteiger partial charge on any atom is -0.298 e. The summed E-state index contributed by atoms with van der Waals surface area (Å²) in [7, 11) is 0. The van der Waals surface area contributed by atoms with E-state index in [1.807, 2.05) is 0 Å². The fourth-order valence-electron chi connectivity index (χ4n) is 3.68. The normalized spacial score (nSPS) is 28.9. The van der Waals surface area contributed by atoms with Gasteiger partial charge in [-0.25, -0.2) is 11.1 Å². The van der Waals surface area contributed by atoms with Crippen LogP contribution in [-0.2, 0) is 0 Å². The molecule has 19 heavy (non-hydrogen) atoms. The van der Waals surface area contributed by atoms with Gasteiger partial charge in [-0.2, -0.15) is 0 Å². The van der Waals surface area contributed by atoms with Crippen molar-refractivity contribution in [3.05, 3.63) is 0 Å². The number of rotatable bonds is 3. The van der Waals surface area contributed by atoms with E-state index in [-0.39, 0.29) is 11.1 Å². The summed E-state index contributed by atoms with van der Waals surface area (Å²) in [5.74, 6) is 2.00. The van der Waals surface area contributed by atoms with Crippen molar-refractivity contribution in [2.75, 3.05) is 38.7 Å². The molecule has 2 saturated heterocycles. The van der Waals surface area contributed by atoms with Gasteiger partial charge < -0.3 is 0 Å². The number of nitrogens with zero attached hydrogens (tertiary/aromatic N) is 2. The molecule has 3 heteroatoms. The van der Waals surface area contributed by atoms with Crippen LogP contribution >= 0.6 is 11.1 Å². The van der Waals surface area contributed by atoms with Crippen molar-refractivity contribution in [2.24, 2.45) is 11.8 Å². The minimum absolute atomic E-state index is 0.151. The highest BCUT2D eigenvalue weighted by molar-refractivity contribution is 8.13. The molecule has 0 radical (unpaired) electrons. The molecular formula is C16H34N2S. The van der Waals surface area contributed by atoms with Crippen molar-refractivity contribution in [3.63, 3.8) is 0 Å². The number of likely N-dealkylation sites (tertiary alicyclic amines) is 1. The van der Waals surface area contributed by atoms with Crippen LogP contribution in [0.25, 0.3) is 0 Å². The zero-order chi connectivity index (χ0) is 14.0. The Balaban J connectivity index is 1.72. The lowest BCUT2D eigenvalue weighted by molar-refractivity contribution is 0.0813. The molecule has 2 aliphatic rings. The minimum atomic E-state index is 0.151. The summed E-state index contributed by atoms with van der Waals surface area (Å²) in [5.41, 5.74) is 0.370. The van der Waals surface area contributed by atoms with Gasteiger partial charge in [-0.1, -0.05) is 0 Å². The van der Waals surface area contributed by atoms with Gasteiger partial charge in [0, 0.05) is 18.6 Å². The zero-order valence-electron chi connectivity index (χ0n) is 13.7. The van der Waals surface area contributed by atoms with Crippen LogP contribution in [0.2, 0.25) is 0 Å². The number of hydrogen-bond acceptors (Lipinski definition) is 2. The molecule has 0 aromatic carbocycles. The average molecular weight is 287 g/mol. The van der Waals surface area contributed by atoms with E-state index in [4.69, 9.17) is 0 Å². The van der Waals surface area contributed by atoms with Gasteiger partial charge in [-0.3, -0.25) is 9.21 Å². The van der Waals surface area contributed by atoms with Crippen LogP contribution in [0, 0.1) is 11.8 Å². The first-order valence-electron chi connectivity index (χ1n) is 8.03. The summed E-state index contributed by atoms with van der Waals surface area (Å²) in [4.78, 5) is 2.67. The van der Waals surface area contributed by atoms with Gasteiger partial charge in [0.15, 0.2) is 0 Å². The van der Waals surface area contributed by atoms with Crippen LogP contribution in [-0.4, -0.2) is 53.4 Å². The van der Waals surface area contributed by atoms with Gasteiger partial charge in [0.2, 0.25) is 0 Å². The Labute approximate surface area is 123 Å². The molecular weight excluding hydrogens is 252 g/mol. The third kappa shape index (κ3) is 4.37. The topological polar surface area (TPSA) is 6.48 Å². The van der Waals surface area contributed by atoms with Crippen LogP contribution < -0.4 is 0 Å². The Morgan fingerprint density at radius 1 is 0.947 bits per heavy atom. The summed E-state index contributed by atoms with van der Waals surface area (Å²) in [6.45, 7) is 12.5. The molecule has 0 bridgehead atoms. The molecule has 0 unspecified atom stereocenters. The van der Waals surface area contributed by atoms with E-state index in [2.05, 4.69) is 42.5 Å². The standard InChI is InChI=1S/C16H34N2S/c1-16(2,3)17-9-6-14(7-10-17)12-15-8-11-18(13-15)19(4)5/h14-15,19H,6-13H2,1-5H3/t15-/m0/s1. The smallest absolute Gasteiger partial charge is 0.0125 e. The average Bonchev–Trinajstić information content (AvgIpc) is 2.77. The van der Waals surface area contributed by atoms with E-state index in [1.54, 1.807) is 0 Å². The lowest BCUT2D eigenvalue weighted by Crippen LogP contribution is -2.46. The Morgan fingerprint density at radius 3 is 2.00 bits per heavy atom. The highest BCUT2D eigenvalue weighted by Gasteiger charge is 2.30. The molecule has 0 aromatic heterocycles. The van der Waals surface area contributed by atoms with E-state index >= 15 is 0 Å². The maximum Gasteiger partial charge on any atom is 0.0125 e. The first kappa shape index (κ1) is 15.7. The maximum absolute atomic E-state index is 2.73. The lowest BCUT2D eigenvalue weighted by atomic mass is 9.85. The maximum atomic E-state index is 2.73. The Morgan fingerprint density at radius 2 is 1.53 bits per heavy atom. The third-order valence-electron chi connectivity index (χ3n) is 5.06. The van der Waals surface area contributed by atoms with Crippen LogP contribution in [0.3, 0.4) is 0 Å². The molecule has 0 saturated carbocycles. The highest BCUT2D eigenvalue weighted by Crippen LogP contribution is 2.35. The third-order valence-corrected chi connectivity index (χ3v) is 6.55. The Kier molecular flexibility index (Phi) is 5.24. The van der Waals surface area contributed by atoms with E-state index in [0.29, 0.717) is 5.54 Å². The first-order chi connectivity index (χ1) is 8.86. The summed E-state index contributed by atoms with van der Waals surface area (Å²) < 4.78 is 2.73. The molecule has 0 aromatic rings. The summed E-state index contributed by atoms with van der Waals surface area (Å²) in [6.07, 6.45) is 10.6. The van der Waals surface area contributed by atoms with Crippen LogP contribution in [0.5, 0.6) is 0 Å². The van der Waals surface area contributed by atoms with Gasteiger partial charge in [0.05, 0.1) is 0 Å². The van der Waals surface area contributed by atoms with Crippen molar-refractivity contribution in [2.45, 2.75) is 52.0 Å². The monoisotopic (exact) mass is 286 g/mol. The van der Waals surface area contributed by atoms with Crippen LogP contribution in [0.1, 0.15) is 46.5 Å². The molecule has 0 spiro atoms. The molecule has 2 aliphatic heterocycles. The number of piperidine rings is 1. The molecule has 0 amide bonds. The molecule has 0 aliphatic carbocycles.